The third-order valence-electron chi connectivity index (χ3n) is 6.77. The van der Waals surface area contributed by atoms with Crippen molar-refractivity contribution in [1.29, 1.82) is 0 Å². The SMILES string of the molecule is CCCCCOc1ccc(C2/C(=C(/O)c3ccc4c(c3)OCCO4)C(=O)C(=O)N2Cc2ccco2)cc1OC. The third kappa shape index (κ3) is 5.30. The first-order valence-corrected chi connectivity index (χ1v) is 13.0. The van der Waals surface area contributed by atoms with E-state index < -0.39 is 17.7 Å². The molecule has 204 valence electrons. The molecule has 0 saturated carbocycles. The van der Waals surface area contributed by atoms with Crippen molar-refractivity contribution >= 4 is 17.4 Å². The van der Waals surface area contributed by atoms with Gasteiger partial charge in [0, 0.05) is 5.56 Å². The van der Waals surface area contributed by atoms with Gasteiger partial charge in [0.25, 0.3) is 11.7 Å². The Bertz CT molecular complexity index is 1380. The Morgan fingerprint density at radius 3 is 2.59 bits per heavy atom. The summed E-state index contributed by atoms with van der Waals surface area (Å²) in [5.74, 6) is 0.691. The second-order valence-corrected chi connectivity index (χ2v) is 9.33. The lowest BCUT2D eigenvalue weighted by Crippen LogP contribution is -2.29. The lowest BCUT2D eigenvalue weighted by Gasteiger charge is -2.25. The summed E-state index contributed by atoms with van der Waals surface area (Å²) >= 11 is 0. The molecule has 1 saturated heterocycles. The van der Waals surface area contributed by atoms with Crippen LogP contribution in [0.5, 0.6) is 23.0 Å². The van der Waals surface area contributed by atoms with Gasteiger partial charge in [-0.2, -0.15) is 0 Å². The highest BCUT2D eigenvalue weighted by atomic mass is 16.6. The van der Waals surface area contributed by atoms with Gasteiger partial charge >= 0.3 is 0 Å². The fraction of sp³-hybridized carbons (Fsp3) is 0.333. The van der Waals surface area contributed by atoms with Crippen LogP contribution in [0.25, 0.3) is 5.76 Å². The predicted molar refractivity (Wildman–Crippen MR) is 142 cm³/mol. The number of nitrogens with zero attached hydrogens (tertiary/aromatic N) is 1. The summed E-state index contributed by atoms with van der Waals surface area (Å²) in [6.45, 7) is 3.51. The van der Waals surface area contributed by atoms with E-state index in [2.05, 4.69) is 6.92 Å². The highest BCUT2D eigenvalue weighted by molar-refractivity contribution is 6.46. The van der Waals surface area contributed by atoms with Crippen molar-refractivity contribution in [2.45, 2.75) is 38.8 Å². The lowest BCUT2D eigenvalue weighted by atomic mass is 9.94. The molecule has 2 aromatic carbocycles. The van der Waals surface area contributed by atoms with E-state index in [0.29, 0.717) is 59.7 Å². The Hall–Kier alpha value is -4.40. The van der Waals surface area contributed by atoms with Crippen LogP contribution in [0.15, 0.2) is 64.8 Å². The van der Waals surface area contributed by atoms with Crippen molar-refractivity contribution in [3.63, 3.8) is 0 Å². The van der Waals surface area contributed by atoms with Gasteiger partial charge in [-0.25, -0.2) is 0 Å². The van der Waals surface area contributed by atoms with E-state index in [1.807, 2.05) is 0 Å². The van der Waals surface area contributed by atoms with Crippen LogP contribution >= 0.6 is 0 Å². The molecule has 2 aliphatic heterocycles. The number of amides is 1. The zero-order valence-corrected chi connectivity index (χ0v) is 22.0. The molecule has 1 aromatic heterocycles. The largest absolute Gasteiger partial charge is 0.507 e. The number of ketones is 1. The van der Waals surface area contributed by atoms with Crippen LogP contribution in [0.1, 0.15) is 49.1 Å². The number of ether oxygens (including phenoxy) is 4. The van der Waals surface area contributed by atoms with E-state index in [1.54, 1.807) is 48.5 Å². The zero-order chi connectivity index (χ0) is 27.4. The number of Topliss-reactive ketones (excluding diaryl/α,β-unsaturated/α-hetero) is 1. The van der Waals surface area contributed by atoms with Crippen LogP contribution < -0.4 is 18.9 Å². The monoisotopic (exact) mass is 533 g/mol. The van der Waals surface area contributed by atoms with Crippen molar-refractivity contribution in [1.82, 2.24) is 4.90 Å². The molecule has 9 nitrogen and oxygen atoms in total. The molecular weight excluding hydrogens is 502 g/mol. The molecule has 2 aliphatic rings. The fourth-order valence-corrected chi connectivity index (χ4v) is 4.81. The Morgan fingerprint density at radius 1 is 1.03 bits per heavy atom. The molecule has 0 aliphatic carbocycles. The van der Waals surface area contributed by atoms with Crippen LogP contribution in [0.2, 0.25) is 0 Å². The summed E-state index contributed by atoms with van der Waals surface area (Å²) in [7, 11) is 1.53. The normalized spacial score (nSPS) is 17.9. The molecular formula is C30H31NO8. The number of furan rings is 1. The molecule has 0 bridgehead atoms. The van der Waals surface area contributed by atoms with Crippen molar-refractivity contribution in [3.8, 4) is 23.0 Å². The number of aliphatic hydroxyl groups is 1. The maximum absolute atomic E-state index is 13.4. The van der Waals surface area contributed by atoms with Crippen molar-refractivity contribution in [3.05, 3.63) is 77.3 Å². The Morgan fingerprint density at radius 2 is 1.85 bits per heavy atom. The molecule has 1 amide bonds. The first-order valence-electron chi connectivity index (χ1n) is 13.0. The number of rotatable bonds is 10. The molecule has 0 radical (unpaired) electrons. The van der Waals surface area contributed by atoms with E-state index in [4.69, 9.17) is 23.4 Å². The maximum Gasteiger partial charge on any atom is 0.296 e. The van der Waals surface area contributed by atoms with Crippen LogP contribution in [0.4, 0.5) is 0 Å². The number of likely N-dealkylation sites (tertiary alicyclic amines) is 1. The van der Waals surface area contributed by atoms with Crippen LogP contribution in [0.3, 0.4) is 0 Å². The average Bonchev–Trinajstić information content (AvgIpc) is 3.57. The quantitative estimate of drug-likeness (QED) is 0.163. The van der Waals surface area contributed by atoms with E-state index in [1.165, 1.54) is 18.3 Å². The minimum atomic E-state index is -0.897. The standard InChI is InChI=1S/C30H31NO8/c1-3-4-5-12-37-22-10-8-19(16-24(22)35-2)27-26(29(33)30(34)31(27)18-21-7-6-13-36-21)28(32)20-9-11-23-25(17-20)39-15-14-38-23/h6-11,13,16-17,27,32H,3-5,12,14-15,18H2,1-2H3/b28-26-. The Kier molecular flexibility index (Phi) is 7.76. The summed E-state index contributed by atoms with van der Waals surface area (Å²) < 4.78 is 28.2. The van der Waals surface area contributed by atoms with Gasteiger partial charge in [-0.1, -0.05) is 25.8 Å². The number of methoxy groups -OCH3 is 1. The van der Waals surface area contributed by atoms with Gasteiger partial charge in [0.1, 0.15) is 24.7 Å². The van der Waals surface area contributed by atoms with Gasteiger partial charge < -0.3 is 33.4 Å². The molecule has 9 heteroatoms. The Balaban J connectivity index is 1.57. The van der Waals surface area contributed by atoms with Gasteiger partial charge in [-0.3, -0.25) is 9.59 Å². The molecule has 39 heavy (non-hydrogen) atoms. The number of hydrogen-bond acceptors (Lipinski definition) is 8. The molecule has 1 unspecified atom stereocenters. The van der Waals surface area contributed by atoms with Crippen molar-refractivity contribution in [2.24, 2.45) is 0 Å². The number of aliphatic hydroxyl groups excluding tert-OH is 1. The molecule has 3 heterocycles. The third-order valence-corrected chi connectivity index (χ3v) is 6.77. The van der Waals surface area contributed by atoms with Crippen LogP contribution in [-0.2, 0) is 16.1 Å². The molecule has 1 atom stereocenters. The summed E-state index contributed by atoms with van der Waals surface area (Å²) in [6.07, 6.45) is 4.56. The van der Waals surface area contributed by atoms with Crippen molar-refractivity contribution < 1.29 is 38.1 Å². The number of hydrogen-bond donors (Lipinski definition) is 1. The lowest BCUT2D eigenvalue weighted by molar-refractivity contribution is -0.140. The van der Waals surface area contributed by atoms with E-state index >= 15 is 0 Å². The average molecular weight is 534 g/mol. The Labute approximate surface area is 226 Å². The molecule has 5 rings (SSSR count). The van der Waals surface area contributed by atoms with E-state index in [-0.39, 0.29) is 17.9 Å². The van der Waals surface area contributed by atoms with Gasteiger partial charge in [0.2, 0.25) is 0 Å². The predicted octanol–water partition coefficient (Wildman–Crippen LogP) is 5.25. The number of fused-ring (bicyclic) bond motifs is 1. The maximum atomic E-state index is 13.4. The zero-order valence-electron chi connectivity index (χ0n) is 22.0. The van der Waals surface area contributed by atoms with Crippen molar-refractivity contribution in [2.75, 3.05) is 26.9 Å². The highest BCUT2D eigenvalue weighted by Gasteiger charge is 2.46. The van der Waals surface area contributed by atoms with E-state index in [0.717, 1.165) is 19.3 Å². The first-order chi connectivity index (χ1) is 19.0. The topological polar surface area (TPSA) is 108 Å². The van der Waals surface area contributed by atoms with Crippen LogP contribution in [0, 0.1) is 0 Å². The van der Waals surface area contributed by atoms with Gasteiger partial charge in [-0.15, -0.1) is 0 Å². The van der Waals surface area contributed by atoms with Gasteiger partial charge in [0.05, 0.1) is 38.1 Å². The number of benzene rings is 2. The molecule has 3 aromatic rings. The molecule has 1 fully saturated rings. The van der Waals surface area contributed by atoms with E-state index in [9.17, 15) is 14.7 Å². The molecule has 0 spiro atoms. The minimum absolute atomic E-state index is 0.0394. The summed E-state index contributed by atoms with van der Waals surface area (Å²) in [4.78, 5) is 28.1. The summed E-state index contributed by atoms with van der Waals surface area (Å²) in [5, 5.41) is 11.4. The van der Waals surface area contributed by atoms with Gasteiger partial charge in [-0.05, 0) is 54.4 Å². The summed E-state index contributed by atoms with van der Waals surface area (Å²) in [5.41, 5.74) is 0.877. The first kappa shape index (κ1) is 26.2. The summed E-state index contributed by atoms with van der Waals surface area (Å²) in [6, 6.07) is 12.7. The number of unbranched alkanes of at least 4 members (excludes halogenated alkanes) is 2. The van der Waals surface area contributed by atoms with Crippen LogP contribution in [-0.4, -0.2) is 48.6 Å². The second kappa shape index (κ2) is 11.6. The van der Waals surface area contributed by atoms with Gasteiger partial charge in [0.15, 0.2) is 23.0 Å². The second-order valence-electron chi connectivity index (χ2n) is 9.33. The molecule has 1 N–H and O–H groups in total. The minimum Gasteiger partial charge on any atom is -0.507 e. The fourth-order valence-electron chi connectivity index (χ4n) is 4.81. The number of carbonyl (C=O) groups excluding carboxylic acids is 2. The smallest absolute Gasteiger partial charge is 0.296 e. The number of carbonyl (C=O) groups is 2. The highest BCUT2D eigenvalue weighted by Crippen LogP contribution is 2.43.